The summed E-state index contributed by atoms with van der Waals surface area (Å²) in [7, 11) is 0. The van der Waals surface area contributed by atoms with Crippen LogP contribution in [0.1, 0.15) is 90.9 Å². The molecule has 2 heteroatoms. The zero-order chi connectivity index (χ0) is 15.6. The lowest BCUT2D eigenvalue weighted by Gasteiger charge is -2.11. The van der Waals surface area contributed by atoms with Crippen molar-refractivity contribution in [2.45, 2.75) is 90.9 Å². The normalized spacial score (nSPS) is 11.5. The highest BCUT2D eigenvalue weighted by Gasteiger charge is 2.15. The van der Waals surface area contributed by atoms with Crippen LogP contribution in [-0.4, -0.2) is 11.1 Å². The van der Waals surface area contributed by atoms with Gasteiger partial charge in [-0.3, -0.25) is 4.79 Å². The van der Waals surface area contributed by atoms with Crippen LogP contribution in [0, 0.1) is 5.92 Å². The average Bonchev–Trinajstić information content (AvgIpc) is 2.46. The molecule has 0 fully saturated rings. The van der Waals surface area contributed by atoms with Crippen LogP contribution in [0.15, 0.2) is 13.2 Å². The topological polar surface area (TPSA) is 37.3 Å². The van der Waals surface area contributed by atoms with Gasteiger partial charge in [0.2, 0.25) is 0 Å². The summed E-state index contributed by atoms with van der Waals surface area (Å²) in [4.78, 5) is 11.1. The Bertz CT molecular complexity index is 202. The second kappa shape index (κ2) is 18.2. The molecule has 1 atom stereocenters. The molecule has 0 aromatic carbocycles. The van der Waals surface area contributed by atoms with Gasteiger partial charge in [0.15, 0.2) is 0 Å². The minimum Gasteiger partial charge on any atom is -0.481 e. The Morgan fingerprint density at radius 1 is 0.800 bits per heavy atom. The Morgan fingerprint density at radius 2 is 1.15 bits per heavy atom. The maximum absolute atomic E-state index is 11.1. The van der Waals surface area contributed by atoms with Gasteiger partial charge in [-0.05, 0) is 12.8 Å². The van der Waals surface area contributed by atoms with Gasteiger partial charge in [-0.1, -0.05) is 78.1 Å². The molecular formula is C18H36O2. The monoisotopic (exact) mass is 284 g/mol. The van der Waals surface area contributed by atoms with E-state index in [4.69, 9.17) is 0 Å². The smallest absolute Gasteiger partial charge is 0.306 e. The largest absolute Gasteiger partial charge is 0.481 e. The van der Waals surface area contributed by atoms with Crippen molar-refractivity contribution in [1.29, 1.82) is 0 Å². The third-order valence-electron chi connectivity index (χ3n) is 3.66. The van der Waals surface area contributed by atoms with E-state index >= 15 is 0 Å². The van der Waals surface area contributed by atoms with Crippen molar-refractivity contribution in [3.05, 3.63) is 13.2 Å². The lowest BCUT2D eigenvalue weighted by Crippen LogP contribution is -2.13. The molecule has 0 aromatic rings. The van der Waals surface area contributed by atoms with Crippen LogP contribution >= 0.6 is 0 Å². The maximum atomic E-state index is 11.1. The van der Waals surface area contributed by atoms with Crippen molar-refractivity contribution in [1.82, 2.24) is 0 Å². The van der Waals surface area contributed by atoms with Crippen molar-refractivity contribution >= 4 is 5.97 Å². The van der Waals surface area contributed by atoms with Gasteiger partial charge in [0.25, 0.3) is 0 Å². The van der Waals surface area contributed by atoms with Gasteiger partial charge in [-0.15, -0.1) is 13.2 Å². The van der Waals surface area contributed by atoms with Crippen LogP contribution in [0.2, 0.25) is 0 Å². The van der Waals surface area contributed by atoms with Gasteiger partial charge in [0.05, 0.1) is 5.92 Å². The minimum atomic E-state index is -0.583. The Labute approximate surface area is 126 Å². The van der Waals surface area contributed by atoms with Crippen LogP contribution in [-0.2, 0) is 4.79 Å². The number of aliphatic carboxylic acids is 1. The number of carbonyl (C=O) groups is 1. The molecule has 0 bridgehead atoms. The molecule has 120 valence electrons. The first-order valence-corrected chi connectivity index (χ1v) is 8.45. The van der Waals surface area contributed by atoms with E-state index in [1.165, 1.54) is 51.4 Å². The summed E-state index contributed by atoms with van der Waals surface area (Å²) in [6, 6.07) is 0. The fraction of sp³-hybridized carbons (Fsp3) is 0.833. The molecule has 20 heavy (non-hydrogen) atoms. The Hall–Kier alpha value is -0.790. The van der Waals surface area contributed by atoms with Crippen molar-refractivity contribution < 1.29 is 9.90 Å². The van der Waals surface area contributed by atoms with E-state index in [0.29, 0.717) is 0 Å². The summed E-state index contributed by atoms with van der Waals surface area (Å²) in [6.07, 6.45) is 14.0. The molecule has 1 unspecified atom stereocenters. The van der Waals surface area contributed by atoms with Crippen molar-refractivity contribution in [2.75, 3.05) is 0 Å². The molecule has 0 spiro atoms. The molecule has 0 aliphatic heterocycles. The lowest BCUT2D eigenvalue weighted by atomic mass is 9.94. The van der Waals surface area contributed by atoms with Gasteiger partial charge < -0.3 is 5.11 Å². The first-order chi connectivity index (χ1) is 9.72. The van der Waals surface area contributed by atoms with Crippen LogP contribution in [0.3, 0.4) is 0 Å². The summed E-state index contributed by atoms with van der Waals surface area (Å²) >= 11 is 0. The van der Waals surface area contributed by atoms with Crippen molar-refractivity contribution in [3.8, 4) is 0 Å². The van der Waals surface area contributed by atoms with Crippen molar-refractivity contribution in [3.63, 3.8) is 0 Å². The van der Waals surface area contributed by atoms with E-state index < -0.39 is 5.97 Å². The van der Waals surface area contributed by atoms with E-state index in [-0.39, 0.29) is 5.92 Å². The average molecular weight is 284 g/mol. The number of unbranched alkanes of at least 4 members (excludes halogenated alkanes) is 8. The molecule has 0 radical (unpaired) electrons. The molecule has 0 saturated heterocycles. The molecule has 0 aliphatic carbocycles. The van der Waals surface area contributed by atoms with Crippen LogP contribution in [0.4, 0.5) is 0 Å². The van der Waals surface area contributed by atoms with Gasteiger partial charge in [0, 0.05) is 0 Å². The van der Waals surface area contributed by atoms with Gasteiger partial charge in [-0.25, -0.2) is 0 Å². The Kier molecular flexibility index (Phi) is 19.6. The molecule has 0 aromatic heterocycles. The molecule has 1 N–H and O–H groups in total. The van der Waals surface area contributed by atoms with Crippen LogP contribution in [0.25, 0.3) is 0 Å². The number of hydrogen-bond acceptors (Lipinski definition) is 1. The fourth-order valence-electron chi connectivity index (χ4n) is 2.38. The summed E-state index contributed by atoms with van der Waals surface area (Å²) in [5.41, 5.74) is 0. The van der Waals surface area contributed by atoms with E-state index in [2.05, 4.69) is 27.0 Å². The summed E-state index contributed by atoms with van der Waals surface area (Å²) in [5.74, 6) is -0.673. The number of carboxylic acids is 1. The molecule has 0 aliphatic rings. The highest BCUT2D eigenvalue weighted by Crippen LogP contribution is 2.19. The highest BCUT2D eigenvalue weighted by molar-refractivity contribution is 5.69. The third kappa shape index (κ3) is 15.3. The third-order valence-corrected chi connectivity index (χ3v) is 3.66. The summed E-state index contributed by atoms with van der Waals surface area (Å²) in [6.45, 7) is 10.4. The predicted octanol–water partition coefficient (Wildman–Crippen LogP) is 6.21. The second-order valence-electron chi connectivity index (χ2n) is 5.44. The maximum Gasteiger partial charge on any atom is 0.306 e. The molecule has 0 heterocycles. The first-order valence-electron chi connectivity index (χ1n) is 8.45. The van der Waals surface area contributed by atoms with Crippen LogP contribution in [0.5, 0.6) is 0 Å². The van der Waals surface area contributed by atoms with Crippen molar-refractivity contribution in [2.24, 2.45) is 5.92 Å². The Balaban J connectivity index is 0. The number of carboxylic acid groups (broad SMARTS) is 1. The first kappa shape index (κ1) is 21.5. The number of rotatable bonds is 13. The van der Waals surface area contributed by atoms with Gasteiger partial charge >= 0.3 is 5.97 Å². The SMILES string of the molecule is C=C.CCCCCCCCC(CCCCCC)C(=O)O. The Morgan fingerprint density at radius 3 is 1.55 bits per heavy atom. The highest BCUT2D eigenvalue weighted by atomic mass is 16.4. The second-order valence-corrected chi connectivity index (χ2v) is 5.44. The van der Waals surface area contributed by atoms with E-state index in [1.54, 1.807) is 0 Å². The molecule has 2 nitrogen and oxygen atoms in total. The summed E-state index contributed by atoms with van der Waals surface area (Å²) < 4.78 is 0. The fourth-order valence-corrected chi connectivity index (χ4v) is 2.38. The lowest BCUT2D eigenvalue weighted by molar-refractivity contribution is -0.142. The quantitative estimate of drug-likeness (QED) is 0.322. The number of hydrogen-bond donors (Lipinski definition) is 1. The molecular weight excluding hydrogens is 248 g/mol. The van der Waals surface area contributed by atoms with E-state index in [0.717, 1.165) is 25.7 Å². The minimum absolute atomic E-state index is 0.0898. The van der Waals surface area contributed by atoms with Gasteiger partial charge in [-0.2, -0.15) is 0 Å². The molecule has 0 amide bonds. The van der Waals surface area contributed by atoms with Gasteiger partial charge in [0.1, 0.15) is 0 Å². The predicted molar refractivity (Wildman–Crippen MR) is 89.1 cm³/mol. The zero-order valence-electron chi connectivity index (χ0n) is 13.8. The molecule has 0 rings (SSSR count). The van der Waals surface area contributed by atoms with E-state index in [1.807, 2.05) is 0 Å². The zero-order valence-corrected chi connectivity index (χ0v) is 13.8. The standard InChI is InChI=1S/C16H32O2.C2H4/c1-3-5-7-9-10-12-14-15(16(17)18)13-11-8-6-4-2;1-2/h15H,3-14H2,1-2H3,(H,17,18);1-2H2. The summed E-state index contributed by atoms with van der Waals surface area (Å²) in [5, 5.41) is 9.17. The van der Waals surface area contributed by atoms with Crippen LogP contribution < -0.4 is 0 Å². The van der Waals surface area contributed by atoms with E-state index in [9.17, 15) is 9.90 Å². The molecule has 0 saturated carbocycles.